The van der Waals surface area contributed by atoms with E-state index in [1.54, 1.807) is 12.1 Å². The molecule has 1 fully saturated rings. The highest BCUT2D eigenvalue weighted by Gasteiger charge is 2.21. The Morgan fingerprint density at radius 1 is 1.53 bits per heavy atom. The van der Waals surface area contributed by atoms with Gasteiger partial charge in [0.15, 0.2) is 0 Å². The summed E-state index contributed by atoms with van der Waals surface area (Å²) in [5.41, 5.74) is 0.403. The van der Waals surface area contributed by atoms with E-state index in [4.69, 9.17) is 16.3 Å². The van der Waals surface area contributed by atoms with Crippen molar-refractivity contribution in [2.75, 3.05) is 13.2 Å². The van der Waals surface area contributed by atoms with Crippen molar-refractivity contribution >= 4 is 11.6 Å². The predicted molar refractivity (Wildman–Crippen MR) is 64.7 cm³/mol. The summed E-state index contributed by atoms with van der Waals surface area (Å²) in [6.45, 7) is 1.46. The highest BCUT2D eigenvalue weighted by Crippen LogP contribution is 2.24. The third-order valence-electron chi connectivity index (χ3n) is 3.13. The molecule has 0 saturated carbocycles. The molecule has 1 aliphatic heterocycles. The van der Waals surface area contributed by atoms with Gasteiger partial charge in [-0.1, -0.05) is 17.7 Å². The summed E-state index contributed by atoms with van der Waals surface area (Å²) >= 11 is 5.91. The number of hydrogen-bond donors (Lipinski definition) is 1. The SMILES string of the molecule is OC(Cc1c(F)cccc1Cl)CC1CCOC1. The molecule has 0 amide bonds. The van der Waals surface area contributed by atoms with Crippen LogP contribution in [0.5, 0.6) is 0 Å². The van der Waals surface area contributed by atoms with Gasteiger partial charge in [-0.05, 0) is 30.9 Å². The standard InChI is InChI=1S/C13H16ClFO2/c14-12-2-1-3-13(15)11(12)7-10(16)6-9-4-5-17-8-9/h1-3,9-10,16H,4-8H2. The van der Waals surface area contributed by atoms with Crippen molar-refractivity contribution in [1.29, 1.82) is 0 Å². The molecule has 1 aromatic carbocycles. The largest absolute Gasteiger partial charge is 0.393 e. The summed E-state index contributed by atoms with van der Waals surface area (Å²) in [4.78, 5) is 0. The fourth-order valence-corrected chi connectivity index (χ4v) is 2.44. The minimum absolute atomic E-state index is 0.266. The first-order valence-electron chi connectivity index (χ1n) is 5.85. The lowest BCUT2D eigenvalue weighted by molar-refractivity contribution is 0.128. The van der Waals surface area contributed by atoms with Gasteiger partial charge >= 0.3 is 0 Å². The Hall–Kier alpha value is -0.640. The molecule has 0 spiro atoms. The molecule has 0 aliphatic carbocycles. The molecule has 2 rings (SSSR count). The van der Waals surface area contributed by atoms with Gasteiger partial charge in [-0.2, -0.15) is 0 Å². The molecule has 1 saturated heterocycles. The fourth-order valence-electron chi connectivity index (χ4n) is 2.20. The van der Waals surface area contributed by atoms with E-state index >= 15 is 0 Å². The van der Waals surface area contributed by atoms with Crippen molar-refractivity contribution < 1.29 is 14.2 Å². The lowest BCUT2D eigenvalue weighted by Crippen LogP contribution is -2.17. The Kier molecular flexibility index (Phi) is 4.37. The van der Waals surface area contributed by atoms with Gasteiger partial charge in [0.25, 0.3) is 0 Å². The van der Waals surface area contributed by atoms with Gasteiger partial charge in [-0.25, -0.2) is 4.39 Å². The smallest absolute Gasteiger partial charge is 0.127 e. The molecule has 0 aromatic heterocycles. The number of halogens is 2. The lowest BCUT2D eigenvalue weighted by Gasteiger charge is -2.15. The average molecular weight is 259 g/mol. The average Bonchev–Trinajstić information content (AvgIpc) is 2.76. The zero-order valence-electron chi connectivity index (χ0n) is 9.53. The Morgan fingerprint density at radius 2 is 2.35 bits per heavy atom. The Labute approximate surface area is 105 Å². The van der Waals surface area contributed by atoms with E-state index in [0.29, 0.717) is 29.5 Å². The molecule has 0 radical (unpaired) electrons. The van der Waals surface area contributed by atoms with Crippen molar-refractivity contribution in [3.05, 3.63) is 34.6 Å². The summed E-state index contributed by atoms with van der Waals surface area (Å²) in [6.07, 6.45) is 1.32. The third kappa shape index (κ3) is 3.41. The van der Waals surface area contributed by atoms with Crippen LogP contribution in [0.4, 0.5) is 4.39 Å². The molecule has 0 bridgehead atoms. The van der Waals surface area contributed by atoms with Crippen molar-refractivity contribution in [3.63, 3.8) is 0 Å². The summed E-state index contributed by atoms with van der Waals surface area (Å²) in [6, 6.07) is 4.58. The molecule has 1 N–H and O–H groups in total. The number of hydrogen-bond acceptors (Lipinski definition) is 2. The minimum atomic E-state index is -0.559. The van der Waals surface area contributed by atoms with E-state index in [1.807, 2.05) is 0 Å². The van der Waals surface area contributed by atoms with Gasteiger partial charge in [0.2, 0.25) is 0 Å². The second-order valence-corrected chi connectivity index (χ2v) is 4.93. The number of aliphatic hydroxyl groups excluding tert-OH is 1. The molecule has 2 nitrogen and oxygen atoms in total. The van der Waals surface area contributed by atoms with Crippen LogP contribution in [0.25, 0.3) is 0 Å². The van der Waals surface area contributed by atoms with Gasteiger partial charge in [0.05, 0.1) is 6.10 Å². The van der Waals surface area contributed by atoms with Gasteiger partial charge in [0.1, 0.15) is 5.82 Å². The van der Waals surface area contributed by atoms with Crippen LogP contribution in [-0.4, -0.2) is 24.4 Å². The Morgan fingerprint density at radius 3 is 3.00 bits per heavy atom. The van der Waals surface area contributed by atoms with Crippen molar-refractivity contribution in [3.8, 4) is 0 Å². The molecule has 1 aliphatic rings. The molecule has 4 heteroatoms. The van der Waals surface area contributed by atoms with Crippen LogP contribution < -0.4 is 0 Å². The van der Waals surface area contributed by atoms with Gasteiger partial charge < -0.3 is 9.84 Å². The zero-order chi connectivity index (χ0) is 12.3. The molecule has 1 heterocycles. The van der Waals surface area contributed by atoms with Crippen LogP contribution in [0.3, 0.4) is 0 Å². The molecule has 17 heavy (non-hydrogen) atoms. The van der Waals surface area contributed by atoms with E-state index in [0.717, 1.165) is 13.0 Å². The van der Waals surface area contributed by atoms with E-state index in [2.05, 4.69) is 0 Å². The first-order chi connectivity index (χ1) is 8.16. The molecular weight excluding hydrogens is 243 g/mol. The topological polar surface area (TPSA) is 29.5 Å². The maximum atomic E-state index is 13.5. The van der Waals surface area contributed by atoms with Crippen molar-refractivity contribution in [2.45, 2.75) is 25.4 Å². The molecule has 2 unspecified atom stereocenters. The highest BCUT2D eigenvalue weighted by atomic mass is 35.5. The van der Waals surface area contributed by atoms with Gasteiger partial charge in [-0.15, -0.1) is 0 Å². The summed E-state index contributed by atoms with van der Waals surface area (Å²) in [5.74, 6) is 0.0368. The fraction of sp³-hybridized carbons (Fsp3) is 0.538. The highest BCUT2D eigenvalue weighted by molar-refractivity contribution is 6.31. The predicted octanol–water partition coefficient (Wildman–Crippen LogP) is 2.81. The minimum Gasteiger partial charge on any atom is -0.393 e. The maximum absolute atomic E-state index is 13.5. The molecule has 1 aromatic rings. The van der Waals surface area contributed by atoms with Crippen LogP contribution in [0.15, 0.2) is 18.2 Å². The molecular formula is C13H16ClFO2. The first-order valence-corrected chi connectivity index (χ1v) is 6.23. The quantitative estimate of drug-likeness (QED) is 0.900. The second kappa shape index (κ2) is 5.80. The number of ether oxygens (including phenoxy) is 1. The zero-order valence-corrected chi connectivity index (χ0v) is 10.3. The summed E-state index contributed by atoms with van der Waals surface area (Å²) in [7, 11) is 0. The van der Waals surface area contributed by atoms with Crippen LogP contribution in [-0.2, 0) is 11.2 Å². The Balaban J connectivity index is 1.95. The van der Waals surface area contributed by atoms with E-state index in [-0.39, 0.29) is 12.2 Å². The molecule has 2 atom stereocenters. The van der Waals surface area contributed by atoms with Crippen LogP contribution in [0.1, 0.15) is 18.4 Å². The van der Waals surface area contributed by atoms with E-state index in [9.17, 15) is 9.50 Å². The number of benzene rings is 1. The second-order valence-electron chi connectivity index (χ2n) is 4.52. The Bertz CT molecular complexity index is 357. The number of aliphatic hydroxyl groups is 1. The summed E-state index contributed by atoms with van der Waals surface area (Å²) < 4.78 is 18.7. The van der Waals surface area contributed by atoms with Crippen molar-refractivity contribution in [2.24, 2.45) is 5.92 Å². The first kappa shape index (κ1) is 12.8. The third-order valence-corrected chi connectivity index (χ3v) is 3.48. The monoisotopic (exact) mass is 258 g/mol. The van der Waals surface area contributed by atoms with Crippen molar-refractivity contribution in [1.82, 2.24) is 0 Å². The van der Waals surface area contributed by atoms with Crippen LogP contribution in [0, 0.1) is 11.7 Å². The molecule has 94 valence electrons. The van der Waals surface area contributed by atoms with E-state index < -0.39 is 6.10 Å². The van der Waals surface area contributed by atoms with Crippen LogP contribution >= 0.6 is 11.6 Å². The van der Waals surface area contributed by atoms with Crippen LogP contribution in [0.2, 0.25) is 5.02 Å². The number of rotatable bonds is 4. The maximum Gasteiger partial charge on any atom is 0.127 e. The summed E-state index contributed by atoms with van der Waals surface area (Å²) in [5, 5.41) is 10.3. The van der Waals surface area contributed by atoms with Gasteiger partial charge in [-0.3, -0.25) is 0 Å². The lowest BCUT2D eigenvalue weighted by atomic mass is 9.96. The van der Waals surface area contributed by atoms with Gasteiger partial charge in [0, 0.05) is 30.2 Å². The van der Waals surface area contributed by atoms with E-state index in [1.165, 1.54) is 6.07 Å². The normalized spacial score (nSPS) is 21.7.